The topological polar surface area (TPSA) is 58.9 Å². The lowest BCUT2D eigenvalue weighted by atomic mass is 10.0. The minimum atomic E-state index is -5.24. The third-order valence-electron chi connectivity index (χ3n) is 3.31. The molecule has 0 saturated heterocycles. The van der Waals surface area contributed by atoms with E-state index in [9.17, 15) is 27.5 Å². The molecule has 0 aromatic heterocycles. The summed E-state index contributed by atoms with van der Waals surface area (Å²) in [6, 6.07) is 10.4. The van der Waals surface area contributed by atoms with Crippen LogP contribution in [0.5, 0.6) is 5.75 Å². The molecule has 1 N–H and O–H groups in total. The number of hydrogen-bond acceptors (Lipinski definition) is 4. The van der Waals surface area contributed by atoms with Crippen LogP contribution >= 0.6 is 0 Å². The van der Waals surface area contributed by atoms with E-state index in [0.29, 0.717) is 12.0 Å². The zero-order valence-corrected chi connectivity index (χ0v) is 13.4. The van der Waals surface area contributed by atoms with Crippen LogP contribution in [0.2, 0.25) is 0 Å². The van der Waals surface area contributed by atoms with Crippen molar-refractivity contribution in [3.63, 3.8) is 0 Å². The van der Waals surface area contributed by atoms with Crippen LogP contribution in [0.15, 0.2) is 59.1 Å². The Balaban J connectivity index is 2.52. The van der Waals surface area contributed by atoms with Gasteiger partial charge in [0.05, 0.1) is 18.4 Å². The molecule has 0 bridgehead atoms. The molecule has 4 nitrogen and oxygen atoms in total. The fraction of sp³-hybridized carbons (Fsp3) is 0.111. The Morgan fingerprint density at radius 1 is 1.12 bits per heavy atom. The lowest BCUT2D eigenvalue weighted by molar-refractivity contribution is -0.165. The zero-order chi connectivity index (χ0) is 19.3. The number of para-hydroxylation sites is 1. The van der Waals surface area contributed by atoms with Crippen molar-refractivity contribution in [2.75, 3.05) is 7.11 Å². The maximum absolute atomic E-state index is 13.6. The Morgan fingerprint density at radius 2 is 1.73 bits per heavy atom. The van der Waals surface area contributed by atoms with Gasteiger partial charge in [0.2, 0.25) is 0 Å². The molecule has 2 aromatic rings. The van der Waals surface area contributed by atoms with Gasteiger partial charge < -0.3 is 9.84 Å². The second kappa shape index (κ2) is 7.81. The van der Waals surface area contributed by atoms with Gasteiger partial charge in [-0.2, -0.15) is 13.2 Å². The molecule has 0 spiro atoms. The third-order valence-corrected chi connectivity index (χ3v) is 3.31. The smallest absolute Gasteiger partial charge is 0.455 e. The van der Waals surface area contributed by atoms with Crippen LogP contribution in [0.25, 0.3) is 5.76 Å². The third kappa shape index (κ3) is 4.47. The summed E-state index contributed by atoms with van der Waals surface area (Å²) in [7, 11) is 1.39. The van der Waals surface area contributed by atoms with E-state index in [2.05, 4.69) is 4.99 Å². The van der Waals surface area contributed by atoms with E-state index in [1.54, 1.807) is 0 Å². The van der Waals surface area contributed by atoms with Gasteiger partial charge in [0.15, 0.2) is 0 Å². The molecule has 2 aromatic carbocycles. The van der Waals surface area contributed by atoms with Gasteiger partial charge in [0.25, 0.3) is 5.78 Å². The molecule has 0 radical (unpaired) electrons. The standard InChI is InChI=1S/C18H13F4NO3/c1-26-12-8-6-11(7-9-12)16(24)13(17(25)18(20,21)22)10-23-15-5-3-2-4-14(15)19/h2-10,24H,1H3/b16-13-,23-10?. The van der Waals surface area contributed by atoms with Crippen LogP contribution < -0.4 is 4.74 Å². The van der Waals surface area contributed by atoms with E-state index in [0.717, 1.165) is 6.07 Å². The van der Waals surface area contributed by atoms with Gasteiger partial charge >= 0.3 is 6.18 Å². The molecule has 0 fully saturated rings. The van der Waals surface area contributed by atoms with E-state index in [-0.39, 0.29) is 11.3 Å². The Kier molecular flexibility index (Phi) is 5.76. The number of Topliss-reactive ketones (excluding diaryl/α,β-unsaturated/α-hetero) is 1. The van der Waals surface area contributed by atoms with Gasteiger partial charge in [-0.25, -0.2) is 4.39 Å². The van der Waals surface area contributed by atoms with Gasteiger partial charge in [-0.1, -0.05) is 12.1 Å². The molecule has 8 heteroatoms. The average Bonchev–Trinajstić information content (AvgIpc) is 2.62. The monoisotopic (exact) mass is 367 g/mol. The largest absolute Gasteiger partial charge is 0.506 e. The zero-order valence-electron chi connectivity index (χ0n) is 13.4. The number of ketones is 1. The molecule has 0 atom stereocenters. The number of nitrogens with zero attached hydrogens (tertiary/aromatic N) is 1. The molecule has 26 heavy (non-hydrogen) atoms. The van der Waals surface area contributed by atoms with Gasteiger partial charge in [-0.3, -0.25) is 9.79 Å². The summed E-state index contributed by atoms with van der Waals surface area (Å²) in [4.78, 5) is 15.2. The maximum atomic E-state index is 13.6. The fourth-order valence-corrected chi connectivity index (χ4v) is 1.97. The number of allylic oxidation sites excluding steroid dienone is 1. The summed E-state index contributed by atoms with van der Waals surface area (Å²) < 4.78 is 57.0. The van der Waals surface area contributed by atoms with Gasteiger partial charge in [-0.05, 0) is 36.4 Å². The highest BCUT2D eigenvalue weighted by atomic mass is 19.4. The van der Waals surface area contributed by atoms with Crippen LogP contribution in [-0.2, 0) is 4.79 Å². The normalized spacial score (nSPS) is 12.8. The van der Waals surface area contributed by atoms with Crippen molar-refractivity contribution in [2.24, 2.45) is 4.99 Å². The number of alkyl halides is 3. The lowest BCUT2D eigenvalue weighted by Gasteiger charge is -2.09. The number of aliphatic imine (C=N–C) groups is 1. The second-order valence-corrected chi connectivity index (χ2v) is 5.03. The minimum Gasteiger partial charge on any atom is -0.506 e. The van der Waals surface area contributed by atoms with Gasteiger partial charge in [0.1, 0.15) is 17.3 Å². The molecule has 0 heterocycles. The molecule has 0 saturated carbocycles. The van der Waals surface area contributed by atoms with Crippen molar-refractivity contribution in [1.29, 1.82) is 0 Å². The van der Waals surface area contributed by atoms with Crippen molar-refractivity contribution in [2.45, 2.75) is 6.18 Å². The lowest BCUT2D eigenvalue weighted by Crippen LogP contribution is -2.26. The van der Waals surface area contributed by atoms with Crippen LogP contribution in [0, 0.1) is 5.82 Å². The number of ether oxygens (including phenoxy) is 1. The van der Waals surface area contributed by atoms with Crippen molar-refractivity contribution in [3.8, 4) is 5.75 Å². The quantitative estimate of drug-likeness (QED) is 0.363. The first-order valence-corrected chi connectivity index (χ1v) is 7.22. The predicted molar refractivity (Wildman–Crippen MR) is 88.2 cm³/mol. The van der Waals surface area contributed by atoms with Crippen molar-refractivity contribution in [3.05, 3.63) is 65.5 Å². The Morgan fingerprint density at radius 3 is 2.27 bits per heavy atom. The van der Waals surface area contributed by atoms with Crippen LogP contribution in [-0.4, -0.2) is 30.4 Å². The molecule has 0 aliphatic carbocycles. The van der Waals surface area contributed by atoms with Crippen molar-refractivity contribution >= 4 is 23.4 Å². The summed E-state index contributed by atoms with van der Waals surface area (Å²) in [5.41, 5.74) is -1.44. The molecule has 136 valence electrons. The molecule has 0 amide bonds. The summed E-state index contributed by atoms with van der Waals surface area (Å²) in [6.07, 6.45) is -4.75. The Bertz CT molecular complexity index is 855. The number of halogens is 4. The van der Waals surface area contributed by atoms with E-state index < -0.39 is 29.1 Å². The highest BCUT2D eigenvalue weighted by molar-refractivity contribution is 6.20. The summed E-state index contributed by atoms with van der Waals surface area (Å²) in [5, 5.41) is 10.2. The summed E-state index contributed by atoms with van der Waals surface area (Å²) in [6.45, 7) is 0. The van der Waals surface area contributed by atoms with Crippen LogP contribution in [0.4, 0.5) is 23.2 Å². The SMILES string of the molecule is COc1ccc(/C(O)=C(\C=Nc2ccccc2F)C(=O)C(F)(F)F)cc1. The average molecular weight is 367 g/mol. The molecule has 0 aliphatic heterocycles. The number of carbonyl (C=O) groups excluding carboxylic acids is 1. The van der Waals surface area contributed by atoms with Crippen LogP contribution in [0.3, 0.4) is 0 Å². The summed E-state index contributed by atoms with van der Waals surface area (Å²) >= 11 is 0. The first-order valence-electron chi connectivity index (χ1n) is 7.22. The molecule has 2 rings (SSSR count). The van der Waals surface area contributed by atoms with Crippen molar-refractivity contribution < 1.29 is 32.2 Å². The number of methoxy groups -OCH3 is 1. The molecule has 0 unspecified atom stereocenters. The maximum Gasteiger partial charge on any atom is 0.455 e. The van der Waals surface area contributed by atoms with E-state index in [4.69, 9.17) is 4.74 Å². The Labute approximate surface area is 146 Å². The predicted octanol–water partition coefficient (Wildman–Crippen LogP) is 4.64. The highest BCUT2D eigenvalue weighted by Crippen LogP contribution is 2.26. The number of aliphatic hydroxyl groups is 1. The number of aliphatic hydroxyl groups excluding tert-OH is 1. The highest BCUT2D eigenvalue weighted by Gasteiger charge is 2.41. The van der Waals surface area contributed by atoms with Gasteiger partial charge in [-0.15, -0.1) is 0 Å². The van der Waals surface area contributed by atoms with E-state index >= 15 is 0 Å². The summed E-state index contributed by atoms with van der Waals surface area (Å²) in [5.74, 6) is -3.61. The molecular weight excluding hydrogens is 354 g/mol. The molecule has 0 aliphatic rings. The first kappa shape index (κ1) is 19.2. The van der Waals surface area contributed by atoms with Crippen LogP contribution in [0.1, 0.15) is 5.56 Å². The second-order valence-electron chi connectivity index (χ2n) is 5.03. The van der Waals surface area contributed by atoms with Crippen molar-refractivity contribution in [1.82, 2.24) is 0 Å². The number of rotatable bonds is 5. The van der Waals surface area contributed by atoms with E-state index in [1.807, 2.05) is 0 Å². The van der Waals surface area contributed by atoms with Gasteiger partial charge in [0, 0.05) is 11.8 Å². The number of carbonyl (C=O) groups is 1. The van der Waals surface area contributed by atoms with E-state index in [1.165, 1.54) is 49.6 Å². The molecular formula is C18H13F4NO3. The Hall–Kier alpha value is -3.16. The minimum absolute atomic E-state index is 0.0571. The number of benzene rings is 2. The first-order chi connectivity index (χ1) is 12.2. The number of hydrogen-bond donors (Lipinski definition) is 1. The fourth-order valence-electron chi connectivity index (χ4n) is 1.97.